The molecule has 0 atom stereocenters. The average molecular weight is 294 g/mol. The zero-order chi connectivity index (χ0) is 14.5. The monoisotopic (exact) mass is 294 g/mol. The number of nitrogens with zero attached hydrogens (tertiary/aromatic N) is 3. The molecule has 1 N–H and O–H groups in total. The number of hydrogen-bond donors (Lipinski definition) is 1. The standard InChI is InChI=1S/C13H15FN4OS/c1-8(2)19-12-16-11(15-3)17-13(18-12)20-10-7-5-4-6-9(10)14/h4-8H,1-3H3,(H,15,16,17,18). The molecule has 5 nitrogen and oxygen atoms in total. The van der Waals surface area contributed by atoms with Gasteiger partial charge in [-0.1, -0.05) is 12.1 Å². The maximum atomic E-state index is 13.6. The predicted molar refractivity (Wildman–Crippen MR) is 75.7 cm³/mol. The molecule has 0 fully saturated rings. The van der Waals surface area contributed by atoms with Crippen LogP contribution in [-0.4, -0.2) is 28.1 Å². The SMILES string of the molecule is CNc1nc(OC(C)C)nc(Sc2ccccc2F)n1. The van der Waals surface area contributed by atoms with Gasteiger partial charge in [0, 0.05) is 7.05 Å². The Morgan fingerprint density at radius 2 is 1.95 bits per heavy atom. The fourth-order valence-electron chi connectivity index (χ4n) is 1.38. The Morgan fingerprint density at radius 3 is 2.60 bits per heavy atom. The van der Waals surface area contributed by atoms with Crippen LogP contribution in [0, 0.1) is 5.82 Å². The van der Waals surface area contributed by atoms with E-state index in [9.17, 15) is 4.39 Å². The zero-order valence-corrected chi connectivity index (χ0v) is 12.2. The van der Waals surface area contributed by atoms with Gasteiger partial charge in [0.2, 0.25) is 11.1 Å². The lowest BCUT2D eigenvalue weighted by Crippen LogP contribution is -2.11. The zero-order valence-electron chi connectivity index (χ0n) is 11.4. The van der Waals surface area contributed by atoms with E-state index in [4.69, 9.17) is 4.74 Å². The number of anilines is 1. The van der Waals surface area contributed by atoms with Gasteiger partial charge in [0.05, 0.1) is 11.0 Å². The Hall–Kier alpha value is -1.89. The van der Waals surface area contributed by atoms with Gasteiger partial charge in [0.1, 0.15) is 5.82 Å². The van der Waals surface area contributed by atoms with Crippen LogP contribution in [0.15, 0.2) is 34.3 Å². The van der Waals surface area contributed by atoms with Crippen molar-refractivity contribution in [2.45, 2.75) is 30.0 Å². The molecule has 106 valence electrons. The first-order valence-electron chi connectivity index (χ1n) is 6.11. The van der Waals surface area contributed by atoms with Gasteiger partial charge in [-0.05, 0) is 37.7 Å². The van der Waals surface area contributed by atoms with E-state index in [1.807, 2.05) is 13.8 Å². The minimum Gasteiger partial charge on any atom is -0.461 e. The van der Waals surface area contributed by atoms with Crippen molar-refractivity contribution < 1.29 is 9.13 Å². The summed E-state index contributed by atoms with van der Waals surface area (Å²) in [6, 6.07) is 6.69. The lowest BCUT2D eigenvalue weighted by Gasteiger charge is -2.10. The average Bonchev–Trinajstić information content (AvgIpc) is 2.40. The number of rotatable bonds is 5. The normalized spacial score (nSPS) is 10.7. The van der Waals surface area contributed by atoms with Crippen molar-refractivity contribution >= 4 is 17.7 Å². The quantitative estimate of drug-likeness (QED) is 0.914. The second kappa shape index (κ2) is 6.51. The van der Waals surface area contributed by atoms with Gasteiger partial charge in [0.25, 0.3) is 0 Å². The first-order chi connectivity index (χ1) is 9.58. The van der Waals surface area contributed by atoms with Crippen molar-refractivity contribution in [2.24, 2.45) is 0 Å². The smallest absolute Gasteiger partial charge is 0.322 e. The maximum absolute atomic E-state index is 13.6. The second-order valence-corrected chi connectivity index (χ2v) is 5.18. The van der Waals surface area contributed by atoms with Crippen molar-refractivity contribution in [2.75, 3.05) is 12.4 Å². The molecule has 2 rings (SSSR count). The highest BCUT2D eigenvalue weighted by Crippen LogP contribution is 2.28. The largest absolute Gasteiger partial charge is 0.461 e. The fourth-order valence-corrected chi connectivity index (χ4v) is 2.15. The Balaban J connectivity index is 2.29. The van der Waals surface area contributed by atoms with Crippen LogP contribution < -0.4 is 10.1 Å². The summed E-state index contributed by atoms with van der Waals surface area (Å²) < 4.78 is 19.1. The lowest BCUT2D eigenvalue weighted by molar-refractivity contribution is 0.219. The molecule has 0 aliphatic heterocycles. The van der Waals surface area contributed by atoms with Crippen molar-refractivity contribution in [1.82, 2.24) is 15.0 Å². The number of halogens is 1. The van der Waals surface area contributed by atoms with Gasteiger partial charge in [-0.15, -0.1) is 0 Å². The van der Waals surface area contributed by atoms with Crippen molar-refractivity contribution in [1.29, 1.82) is 0 Å². The number of hydrogen-bond acceptors (Lipinski definition) is 6. The Kier molecular flexibility index (Phi) is 4.73. The van der Waals surface area contributed by atoms with E-state index in [2.05, 4.69) is 20.3 Å². The van der Waals surface area contributed by atoms with Crippen molar-refractivity contribution in [3.05, 3.63) is 30.1 Å². The topological polar surface area (TPSA) is 59.9 Å². The molecule has 0 amide bonds. The predicted octanol–water partition coefficient (Wildman–Crippen LogP) is 2.99. The molecule has 0 unspecified atom stereocenters. The van der Waals surface area contributed by atoms with E-state index in [1.165, 1.54) is 6.07 Å². The summed E-state index contributed by atoms with van der Waals surface area (Å²) in [6.07, 6.45) is -0.0478. The van der Waals surface area contributed by atoms with Crippen molar-refractivity contribution in [3.8, 4) is 6.01 Å². The third-order valence-electron chi connectivity index (χ3n) is 2.20. The van der Waals surface area contributed by atoms with Crippen LogP contribution in [0.4, 0.5) is 10.3 Å². The summed E-state index contributed by atoms with van der Waals surface area (Å²) in [5.41, 5.74) is 0. The second-order valence-electron chi connectivity index (χ2n) is 4.17. The summed E-state index contributed by atoms with van der Waals surface area (Å²) >= 11 is 1.13. The summed E-state index contributed by atoms with van der Waals surface area (Å²) in [6.45, 7) is 3.76. The van der Waals surface area contributed by atoms with Crippen LogP contribution >= 0.6 is 11.8 Å². The van der Waals surface area contributed by atoms with Crippen LogP contribution in [-0.2, 0) is 0 Å². The highest BCUT2D eigenvalue weighted by atomic mass is 32.2. The molecule has 20 heavy (non-hydrogen) atoms. The number of nitrogens with one attached hydrogen (secondary N) is 1. The Morgan fingerprint density at radius 1 is 1.20 bits per heavy atom. The fraction of sp³-hybridized carbons (Fsp3) is 0.308. The van der Waals surface area contributed by atoms with E-state index in [0.717, 1.165) is 11.8 Å². The van der Waals surface area contributed by atoms with E-state index in [0.29, 0.717) is 16.0 Å². The molecule has 0 aliphatic carbocycles. The van der Waals surface area contributed by atoms with Crippen LogP contribution in [0.25, 0.3) is 0 Å². The Bertz CT molecular complexity index is 594. The van der Waals surface area contributed by atoms with E-state index in [1.54, 1.807) is 25.2 Å². The molecule has 0 aliphatic rings. The molecule has 7 heteroatoms. The lowest BCUT2D eigenvalue weighted by atomic mass is 10.4. The highest BCUT2D eigenvalue weighted by Gasteiger charge is 2.11. The number of aromatic nitrogens is 3. The van der Waals surface area contributed by atoms with Crippen LogP contribution in [0.1, 0.15) is 13.8 Å². The number of ether oxygens (including phenoxy) is 1. The third kappa shape index (κ3) is 3.80. The molecular formula is C13H15FN4OS. The third-order valence-corrected chi connectivity index (χ3v) is 3.11. The molecule has 0 saturated heterocycles. The van der Waals surface area contributed by atoms with E-state index in [-0.39, 0.29) is 17.9 Å². The van der Waals surface area contributed by atoms with Gasteiger partial charge in [-0.3, -0.25) is 0 Å². The molecule has 1 heterocycles. The van der Waals surface area contributed by atoms with Gasteiger partial charge < -0.3 is 10.1 Å². The van der Waals surface area contributed by atoms with E-state index < -0.39 is 0 Å². The van der Waals surface area contributed by atoms with E-state index >= 15 is 0 Å². The molecule has 0 radical (unpaired) electrons. The molecule has 0 bridgehead atoms. The number of benzene rings is 1. The Labute approximate surface area is 121 Å². The van der Waals surface area contributed by atoms with Gasteiger partial charge in [0.15, 0.2) is 0 Å². The summed E-state index contributed by atoms with van der Waals surface area (Å²) in [4.78, 5) is 12.9. The van der Waals surface area contributed by atoms with Gasteiger partial charge in [-0.2, -0.15) is 15.0 Å². The molecule has 0 saturated carbocycles. The highest BCUT2D eigenvalue weighted by molar-refractivity contribution is 7.99. The minimum atomic E-state index is -0.310. The maximum Gasteiger partial charge on any atom is 0.322 e. The molecule has 1 aromatic carbocycles. The van der Waals surface area contributed by atoms with Gasteiger partial charge in [-0.25, -0.2) is 4.39 Å². The van der Waals surface area contributed by atoms with Crippen LogP contribution in [0.5, 0.6) is 6.01 Å². The summed E-state index contributed by atoms with van der Waals surface area (Å²) in [7, 11) is 1.70. The molecule has 2 aromatic rings. The first-order valence-corrected chi connectivity index (χ1v) is 6.93. The van der Waals surface area contributed by atoms with Crippen LogP contribution in [0.2, 0.25) is 0 Å². The summed E-state index contributed by atoms with van der Waals surface area (Å²) in [5, 5.41) is 3.21. The summed E-state index contributed by atoms with van der Waals surface area (Å²) in [5.74, 6) is 0.0738. The molecule has 0 spiro atoms. The van der Waals surface area contributed by atoms with Gasteiger partial charge >= 0.3 is 6.01 Å². The molecule has 1 aromatic heterocycles. The molecular weight excluding hydrogens is 279 g/mol. The first kappa shape index (κ1) is 14.5. The van der Waals surface area contributed by atoms with Crippen molar-refractivity contribution in [3.63, 3.8) is 0 Å². The minimum absolute atomic E-state index is 0.0478. The van der Waals surface area contributed by atoms with Crippen LogP contribution in [0.3, 0.4) is 0 Å².